The summed E-state index contributed by atoms with van der Waals surface area (Å²) in [6.07, 6.45) is 1.67. The van der Waals surface area contributed by atoms with Crippen molar-refractivity contribution in [2.45, 2.75) is 5.16 Å². The molecule has 1 N–H and O–H groups in total. The fourth-order valence-electron chi connectivity index (χ4n) is 2.73. The first kappa shape index (κ1) is 20.1. The predicted octanol–water partition coefficient (Wildman–Crippen LogP) is 4.85. The first-order chi connectivity index (χ1) is 14.6. The lowest BCUT2D eigenvalue weighted by molar-refractivity contribution is -0.113. The Balaban J connectivity index is 1.60. The molecular formula is C21H15ClFN5OS. The van der Waals surface area contributed by atoms with Crippen molar-refractivity contribution in [1.29, 1.82) is 0 Å². The Morgan fingerprint density at radius 1 is 1.03 bits per heavy atom. The Kier molecular flexibility index (Phi) is 6.06. The van der Waals surface area contributed by atoms with Gasteiger partial charge in [-0.15, -0.1) is 10.2 Å². The first-order valence-corrected chi connectivity index (χ1v) is 10.3. The highest BCUT2D eigenvalue weighted by Gasteiger charge is 2.18. The number of carbonyl (C=O) groups is 1. The van der Waals surface area contributed by atoms with Gasteiger partial charge in [-0.1, -0.05) is 41.6 Å². The van der Waals surface area contributed by atoms with Gasteiger partial charge in [0.25, 0.3) is 0 Å². The van der Waals surface area contributed by atoms with E-state index in [4.69, 9.17) is 11.6 Å². The third kappa shape index (κ3) is 4.50. The SMILES string of the molecule is O=C(CSc1nnc(-c2ccccn2)n1-c1ccc(Cl)cc1)Nc1ccccc1F. The molecule has 6 nitrogen and oxygen atoms in total. The summed E-state index contributed by atoms with van der Waals surface area (Å²) in [7, 11) is 0. The average molecular weight is 440 g/mol. The van der Waals surface area contributed by atoms with E-state index in [1.807, 2.05) is 30.3 Å². The van der Waals surface area contributed by atoms with E-state index in [1.165, 1.54) is 23.9 Å². The lowest BCUT2D eigenvalue weighted by atomic mass is 10.3. The molecule has 0 saturated carbocycles. The fourth-order valence-corrected chi connectivity index (χ4v) is 3.60. The van der Waals surface area contributed by atoms with Crippen LogP contribution in [0, 0.1) is 5.82 Å². The zero-order valence-electron chi connectivity index (χ0n) is 15.5. The van der Waals surface area contributed by atoms with Crippen LogP contribution < -0.4 is 5.32 Å². The number of benzene rings is 2. The van der Waals surface area contributed by atoms with Gasteiger partial charge in [0.2, 0.25) is 5.91 Å². The summed E-state index contributed by atoms with van der Waals surface area (Å²) in [6.45, 7) is 0. The summed E-state index contributed by atoms with van der Waals surface area (Å²) >= 11 is 7.21. The van der Waals surface area contributed by atoms with E-state index in [9.17, 15) is 9.18 Å². The van der Waals surface area contributed by atoms with Crippen molar-refractivity contribution < 1.29 is 9.18 Å². The van der Waals surface area contributed by atoms with Gasteiger partial charge in [-0.3, -0.25) is 14.3 Å². The standard InChI is InChI=1S/C21H15ClFN5OS/c22-14-8-10-15(11-9-14)28-20(18-7-3-4-12-24-18)26-27-21(28)30-13-19(29)25-17-6-2-1-5-16(17)23/h1-12H,13H2,(H,25,29). The lowest BCUT2D eigenvalue weighted by Gasteiger charge is -2.10. The summed E-state index contributed by atoms with van der Waals surface area (Å²) in [5.74, 6) is -0.273. The summed E-state index contributed by atoms with van der Waals surface area (Å²) in [5, 5.41) is 12.2. The molecule has 0 atom stereocenters. The monoisotopic (exact) mass is 439 g/mol. The summed E-state index contributed by atoms with van der Waals surface area (Å²) in [4.78, 5) is 16.7. The topological polar surface area (TPSA) is 72.7 Å². The minimum atomic E-state index is -0.488. The van der Waals surface area contributed by atoms with Crippen molar-refractivity contribution >= 4 is 35.0 Å². The van der Waals surface area contributed by atoms with Gasteiger partial charge in [0.05, 0.1) is 11.4 Å². The van der Waals surface area contributed by atoms with E-state index in [0.29, 0.717) is 21.7 Å². The zero-order chi connectivity index (χ0) is 20.9. The molecule has 4 rings (SSSR count). The molecule has 2 aromatic heterocycles. The van der Waals surface area contributed by atoms with E-state index in [2.05, 4.69) is 20.5 Å². The smallest absolute Gasteiger partial charge is 0.234 e. The van der Waals surface area contributed by atoms with Crippen LogP contribution in [0.3, 0.4) is 0 Å². The molecule has 0 unspecified atom stereocenters. The molecular weight excluding hydrogens is 425 g/mol. The van der Waals surface area contributed by atoms with Crippen LogP contribution in [-0.4, -0.2) is 31.4 Å². The first-order valence-electron chi connectivity index (χ1n) is 8.92. The van der Waals surface area contributed by atoms with Crippen molar-refractivity contribution in [3.05, 3.63) is 83.8 Å². The highest BCUT2D eigenvalue weighted by atomic mass is 35.5. The van der Waals surface area contributed by atoms with Gasteiger partial charge in [-0.25, -0.2) is 4.39 Å². The van der Waals surface area contributed by atoms with Crippen molar-refractivity contribution in [2.24, 2.45) is 0 Å². The Bertz CT molecular complexity index is 1170. The molecule has 0 radical (unpaired) electrons. The fraction of sp³-hybridized carbons (Fsp3) is 0.0476. The van der Waals surface area contributed by atoms with Crippen LogP contribution >= 0.6 is 23.4 Å². The molecule has 150 valence electrons. The van der Waals surface area contributed by atoms with E-state index in [-0.39, 0.29) is 17.3 Å². The van der Waals surface area contributed by atoms with Crippen molar-refractivity contribution in [2.75, 3.05) is 11.1 Å². The van der Waals surface area contributed by atoms with Crippen LogP contribution in [0.5, 0.6) is 0 Å². The molecule has 0 aliphatic carbocycles. The number of halogens is 2. The van der Waals surface area contributed by atoms with E-state index >= 15 is 0 Å². The van der Waals surface area contributed by atoms with Gasteiger partial charge < -0.3 is 5.32 Å². The maximum atomic E-state index is 13.8. The maximum Gasteiger partial charge on any atom is 0.234 e. The minimum Gasteiger partial charge on any atom is -0.323 e. The maximum absolute atomic E-state index is 13.8. The van der Waals surface area contributed by atoms with Crippen LogP contribution in [0.4, 0.5) is 10.1 Å². The van der Waals surface area contributed by atoms with Crippen LogP contribution in [-0.2, 0) is 4.79 Å². The molecule has 30 heavy (non-hydrogen) atoms. The quantitative estimate of drug-likeness (QED) is 0.435. The Morgan fingerprint density at radius 2 is 1.80 bits per heavy atom. The molecule has 0 bridgehead atoms. The van der Waals surface area contributed by atoms with E-state index in [0.717, 1.165) is 5.69 Å². The third-order valence-corrected chi connectivity index (χ3v) is 5.27. The number of rotatable bonds is 6. The second-order valence-electron chi connectivity index (χ2n) is 6.15. The van der Waals surface area contributed by atoms with Crippen molar-refractivity contribution in [1.82, 2.24) is 19.7 Å². The molecule has 0 saturated heterocycles. The number of carbonyl (C=O) groups excluding carboxylic acids is 1. The van der Waals surface area contributed by atoms with Gasteiger partial charge in [-0.05, 0) is 48.5 Å². The number of nitrogens with one attached hydrogen (secondary N) is 1. The van der Waals surface area contributed by atoms with Gasteiger partial charge in [0.1, 0.15) is 11.5 Å². The number of pyridine rings is 1. The normalized spacial score (nSPS) is 10.7. The number of hydrogen-bond donors (Lipinski definition) is 1. The van der Waals surface area contributed by atoms with Crippen LogP contribution in [0.25, 0.3) is 17.2 Å². The number of anilines is 1. The molecule has 4 aromatic rings. The highest BCUT2D eigenvalue weighted by Crippen LogP contribution is 2.28. The molecule has 0 spiro atoms. The van der Waals surface area contributed by atoms with Gasteiger partial charge in [0, 0.05) is 16.9 Å². The van der Waals surface area contributed by atoms with Gasteiger partial charge in [-0.2, -0.15) is 0 Å². The minimum absolute atomic E-state index is 0.0300. The summed E-state index contributed by atoms with van der Waals surface area (Å²) in [5.41, 5.74) is 1.56. The number of nitrogens with zero attached hydrogens (tertiary/aromatic N) is 4. The molecule has 0 fully saturated rings. The number of aromatic nitrogens is 4. The second kappa shape index (κ2) is 9.06. The molecule has 0 aliphatic heterocycles. The van der Waals surface area contributed by atoms with Gasteiger partial charge >= 0.3 is 0 Å². The van der Waals surface area contributed by atoms with Crippen molar-refractivity contribution in [3.63, 3.8) is 0 Å². The van der Waals surface area contributed by atoms with Crippen molar-refractivity contribution in [3.8, 4) is 17.2 Å². The molecule has 9 heteroatoms. The third-order valence-electron chi connectivity index (χ3n) is 4.09. The molecule has 2 aromatic carbocycles. The predicted molar refractivity (Wildman–Crippen MR) is 115 cm³/mol. The van der Waals surface area contributed by atoms with Gasteiger partial charge in [0.15, 0.2) is 11.0 Å². The van der Waals surface area contributed by atoms with Crippen LogP contribution in [0.2, 0.25) is 5.02 Å². The van der Waals surface area contributed by atoms with Crippen LogP contribution in [0.15, 0.2) is 78.1 Å². The molecule has 0 aliphatic rings. The second-order valence-corrected chi connectivity index (χ2v) is 7.53. The Morgan fingerprint density at radius 3 is 2.53 bits per heavy atom. The number of hydrogen-bond acceptors (Lipinski definition) is 5. The lowest BCUT2D eigenvalue weighted by Crippen LogP contribution is -2.15. The summed E-state index contributed by atoms with van der Waals surface area (Å²) < 4.78 is 15.6. The average Bonchev–Trinajstić information content (AvgIpc) is 3.19. The largest absolute Gasteiger partial charge is 0.323 e. The van der Waals surface area contributed by atoms with E-state index < -0.39 is 5.82 Å². The Labute approximate surface area is 181 Å². The highest BCUT2D eigenvalue weighted by molar-refractivity contribution is 7.99. The van der Waals surface area contributed by atoms with E-state index in [1.54, 1.807) is 35.0 Å². The zero-order valence-corrected chi connectivity index (χ0v) is 17.1. The molecule has 1 amide bonds. The Hall–Kier alpha value is -3.23. The number of para-hydroxylation sites is 1. The number of amides is 1. The van der Waals surface area contributed by atoms with Crippen LogP contribution in [0.1, 0.15) is 0 Å². The molecule has 2 heterocycles. The summed E-state index contributed by atoms with van der Waals surface area (Å²) in [6, 6.07) is 18.7. The number of thioether (sulfide) groups is 1.